The van der Waals surface area contributed by atoms with E-state index in [1.165, 1.54) is 0 Å². The van der Waals surface area contributed by atoms with E-state index in [0.29, 0.717) is 35.6 Å². The summed E-state index contributed by atoms with van der Waals surface area (Å²) < 4.78 is 13.0. The highest BCUT2D eigenvalue weighted by Crippen LogP contribution is 2.28. The van der Waals surface area contributed by atoms with Gasteiger partial charge in [-0.1, -0.05) is 12.1 Å². The van der Waals surface area contributed by atoms with Gasteiger partial charge in [0.25, 0.3) is 5.91 Å². The van der Waals surface area contributed by atoms with Gasteiger partial charge in [-0.3, -0.25) is 9.69 Å². The number of aromatic nitrogens is 3. The van der Waals surface area contributed by atoms with Crippen molar-refractivity contribution in [3.8, 4) is 0 Å². The van der Waals surface area contributed by atoms with Crippen LogP contribution >= 0.6 is 0 Å². The molecule has 9 heteroatoms. The fourth-order valence-corrected chi connectivity index (χ4v) is 4.54. The number of morpholine rings is 1. The summed E-state index contributed by atoms with van der Waals surface area (Å²) in [6.07, 6.45) is 2.96. The third-order valence-corrected chi connectivity index (χ3v) is 6.29. The van der Waals surface area contributed by atoms with Crippen molar-refractivity contribution in [2.45, 2.75) is 31.9 Å². The maximum atomic E-state index is 13.2. The monoisotopic (exact) mass is 438 g/mol. The maximum absolute atomic E-state index is 13.2. The Bertz CT molecular complexity index is 1100. The number of carbonyl (C=O) groups is 1. The van der Waals surface area contributed by atoms with Crippen LogP contribution in [0.3, 0.4) is 0 Å². The topological polar surface area (TPSA) is 108 Å². The van der Waals surface area contributed by atoms with Crippen LogP contribution in [0, 0.1) is 0 Å². The average molecular weight is 439 g/mol. The Labute approximate surface area is 186 Å². The highest BCUT2D eigenvalue weighted by Gasteiger charge is 2.25. The fraction of sp³-hybridized carbons (Fsp3) is 0.522. The number of benzene rings is 1. The highest BCUT2D eigenvalue weighted by atomic mass is 16.5. The predicted octanol–water partition coefficient (Wildman–Crippen LogP) is 1.80. The molecule has 2 aromatic heterocycles. The molecule has 1 atom stereocenters. The number of para-hydroxylation sites is 2. The van der Waals surface area contributed by atoms with Crippen molar-refractivity contribution >= 4 is 33.9 Å². The number of hydrogen-bond acceptors (Lipinski definition) is 7. The van der Waals surface area contributed by atoms with Gasteiger partial charge in [0, 0.05) is 39.3 Å². The van der Waals surface area contributed by atoms with Crippen molar-refractivity contribution in [1.29, 1.82) is 0 Å². The van der Waals surface area contributed by atoms with Gasteiger partial charge in [-0.25, -0.2) is 9.97 Å². The molecule has 2 aliphatic rings. The standard InChI is InChI=1S/C23H30N6O3/c24-21-19(23(30)25-15-16-5-3-12-32-16)20-22(27-18-7-2-1-6-17(18)26-20)29(21)9-4-8-28-10-13-31-14-11-28/h1-2,6-7,16H,3-5,8-15,24H2,(H,25,30). The molecule has 170 valence electrons. The number of nitrogen functional groups attached to an aromatic ring is 1. The first kappa shape index (κ1) is 21.1. The lowest BCUT2D eigenvalue weighted by atomic mass is 10.2. The van der Waals surface area contributed by atoms with Crippen molar-refractivity contribution < 1.29 is 14.3 Å². The van der Waals surface area contributed by atoms with Crippen LogP contribution < -0.4 is 11.1 Å². The van der Waals surface area contributed by atoms with Crippen molar-refractivity contribution in [3.63, 3.8) is 0 Å². The van der Waals surface area contributed by atoms with Crippen LogP contribution in [0.25, 0.3) is 22.2 Å². The van der Waals surface area contributed by atoms with Crippen LogP contribution in [0.15, 0.2) is 24.3 Å². The quantitative estimate of drug-likeness (QED) is 0.579. The Balaban J connectivity index is 1.43. The fourth-order valence-electron chi connectivity index (χ4n) is 4.54. The Morgan fingerprint density at radius 2 is 1.91 bits per heavy atom. The van der Waals surface area contributed by atoms with Gasteiger partial charge in [0.1, 0.15) is 16.9 Å². The lowest BCUT2D eigenvalue weighted by Gasteiger charge is -2.26. The second-order valence-corrected chi connectivity index (χ2v) is 8.45. The van der Waals surface area contributed by atoms with E-state index in [1.807, 2.05) is 28.8 Å². The smallest absolute Gasteiger partial charge is 0.257 e. The molecule has 0 bridgehead atoms. The molecule has 4 heterocycles. The van der Waals surface area contributed by atoms with E-state index in [1.54, 1.807) is 0 Å². The van der Waals surface area contributed by atoms with Gasteiger partial charge in [0.15, 0.2) is 5.65 Å². The second-order valence-electron chi connectivity index (χ2n) is 8.45. The number of hydrogen-bond donors (Lipinski definition) is 2. The lowest BCUT2D eigenvalue weighted by molar-refractivity contribution is 0.0370. The molecule has 9 nitrogen and oxygen atoms in total. The molecular formula is C23H30N6O3. The van der Waals surface area contributed by atoms with Gasteiger partial charge < -0.3 is 25.1 Å². The molecule has 5 rings (SSSR count). The van der Waals surface area contributed by atoms with Crippen LogP contribution in [0.5, 0.6) is 0 Å². The number of aryl methyl sites for hydroxylation is 1. The lowest BCUT2D eigenvalue weighted by Crippen LogP contribution is -2.37. The largest absolute Gasteiger partial charge is 0.384 e. The Hall–Kier alpha value is -2.75. The van der Waals surface area contributed by atoms with Gasteiger partial charge in [-0.15, -0.1) is 0 Å². The minimum Gasteiger partial charge on any atom is -0.384 e. The SMILES string of the molecule is Nc1c(C(=O)NCC2CCCO2)c2nc3ccccc3nc2n1CCCN1CCOCC1. The summed E-state index contributed by atoms with van der Waals surface area (Å²) in [5.74, 6) is 0.196. The van der Waals surface area contributed by atoms with Crippen molar-refractivity contribution in [2.75, 3.05) is 51.7 Å². The van der Waals surface area contributed by atoms with E-state index in [-0.39, 0.29) is 12.0 Å². The van der Waals surface area contributed by atoms with E-state index < -0.39 is 0 Å². The van der Waals surface area contributed by atoms with Gasteiger partial charge in [-0.05, 0) is 31.4 Å². The van der Waals surface area contributed by atoms with Crippen LogP contribution in [-0.2, 0) is 16.0 Å². The molecule has 1 unspecified atom stereocenters. The molecule has 1 aromatic carbocycles. The summed E-state index contributed by atoms with van der Waals surface area (Å²) in [5.41, 5.74) is 9.69. The number of nitrogens with two attached hydrogens (primary N) is 1. The van der Waals surface area contributed by atoms with Crippen molar-refractivity contribution in [1.82, 2.24) is 24.8 Å². The number of carbonyl (C=O) groups excluding carboxylic acids is 1. The van der Waals surface area contributed by atoms with E-state index in [2.05, 4.69) is 10.2 Å². The number of nitrogens with zero attached hydrogens (tertiary/aromatic N) is 4. The molecule has 32 heavy (non-hydrogen) atoms. The molecule has 0 aliphatic carbocycles. The molecule has 3 aromatic rings. The molecule has 0 saturated carbocycles. The average Bonchev–Trinajstić information content (AvgIpc) is 3.43. The molecule has 2 saturated heterocycles. The van der Waals surface area contributed by atoms with Crippen LogP contribution in [-0.4, -0.2) is 77.4 Å². The Morgan fingerprint density at radius 3 is 2.66 bits per heavy atom. The van der Waals surface area contributed by atoms with E-state index in [9.17, 15) is 4.79 Å². The van der Waals surface area contributed by atoms with Gasteiger partial charge >= 0.3 is 0 Å². The summed E-state index contributed by atoms with van der Waals surface area (Å²) in [5, 5.41) is 3.00. The summed E-state index contributed by atoms with van der Waals surface area (Å²) >= 11 is 0. The third kappa shape index (κ3) is 4.28. The summed E-state index contributed by atoms with van der Waals surface area (Å²) in [7, 11) is 0. The Kier molecular flexibility index (Phi) is 6.20. The molecule has 2 aliphatic heterocycles. The van der Waals surface area contributed by atoms with Gasteiger partial charge in [0.2, 0.25) is 0 Å². The van der Waals surface area contributed by atoms with Crippen LogP contribution in [0.1, 0.15) is 29.6 Å². The number of amides is 1. The summed E-state index contributed by atoms with van der Waals surface area (Å²) in [4.78, 5) is 25.1. The maximum Gasteiger partial charge on any atom is 0.257 e. The summed E-state index contributed by atoms with van der Waals surface area (Å²) in [6, 6.07) is 7.69. The zero-order valence-corrected chi connectivity index (χ0v) is 18.3. The number of nitrogens with one attached hydrogen (secondary N) is 1. The van der Waals surface area contributed by atoms with E-state index >= 15 is 0 Å². The van der Waals surface area contributed by atoms with Crippen molar-refractivity contribution in [2.24, 2.45) is 0 Å². The summed E-state index contributed by atoms with van der Waals surface area (Å²) in [6.45, 7) is 6.30. The Morgan fingerprint density at radius 1 is 1.12 bits per heavy atom. The molecular weight excluding hydrogens is 408 g/mol. The van der Waals surface area contributed by atoms with Gasteiger partial charge in [0.05, 0.1) is 30.4 Å². The molecule has 2 fully saturated rings. The highest BCUT2D eigenvalue weighted by molar-refractivity contribution is 6.10. The first-order valence-electron chi connectivity index (χ1n) is 11.4. The first-order chi connectivity index (χ1) is 15.7. The van der Waals surface area contributed by atoms with Crippen LogP contribution in [0.4, 0.5) is 5.82 Å². The van der Waals surface area contributed by atoms with Crippen molar-refractivity contribution in [3.05, 3.63) is 29.8 Å². The molecule has 0 spiro atoms. The molecule has 3 N–H and O–H groups in total. The van der Waals surface area contributed by atoms with Crippen LogP contribution in [0.2, 0.25) is 0 Å². The third-order valence-electron chi connectivity index (χ3n) is 6.29. The molecule has 1 amide bonds. The predicted molar refractivity (Wildman–Crippen MR) is 123 cm³/mol. The number of rotatable bonds is 7. The number of anilines is 1. The second kappa shape index (κ2) is 9.40. The van der Waals surface area contributed by atoms with E-state index in [4.69, 9.17) is 25.2 Å². The van der Waals surface area contributed by atoms with Gasteiger partial charge in [-0.2, -0.15) is 0 Å². The first-order valence-corrected chi connectivity index (χ1v) is 11.4. The zero-order chi connectivity index (χ0) is 21.9. The number of fused-ring (bicyclic) bond motifs is 2. The normalized spacial score (nSPS) is 19.7. The number of ether oxygens (including phenoxy) is 2. The zero-order valence-electron chi connectivity index (χ0n) is 18.3. The molecule has 0 radical (unpaired) electrons. The minimum absolute atomic E-state index is 0.0639. The van der Waals surface area contributed by atoms with E-state index in [0.717, 1.165) is 69.8 Å². The minimum atomic E-state index is -0.223.